The van der Waals surface area contributed by atoms with E-state index in [2.05, 4.69) is 10.5 Å². The predicted octanol–water partition coefficient (Wildman–Crippen LogP) is 5.06. The van der Waals surface area contributed by atoms with E-state index in [1.165, 1.54) is 18.3 Å². The first-order valence-corrected chi connectivity index (χ1v) is 7.22. The van der Waals surface area contributed by atoms with Gasteiger partial charge in [0.2, 0.25) is 0 Å². The highest BCUT2D eigenvalue weighted by Crippen LogP contribution is 2.22. The molecule has 2 aromatic rings. The third kappa shape index (κ3) is 4.11. The highest BCUT2D eigenvalue weighted by molar-refractivity contribution is 6.38. The Hall–Kier alpha value is -1.26. The Balaban J connectivity index is 2.12. The second-order valence-electron chi connectivity index (χ2n) is 3.96. The van der Waals surface area contributed by atoms with E-state index in [0.29, 0.717) is 20.6 Å². The second kappa shape index (κ2) is 7.14. The van der Waals surface area contributed by atoms with Crippen molar-refractivity contribution in [2.45, 2.75) is 0 Å². The molecular weight excluding hydrogens is 354 g/mol. The Morgan fingerprint density at radius 1 is 1.00 bits per heavy atom. The van der Waals surface area contributed by atoms with Crippen molar-refractivity contribution in [3.8, 4) is 0 Å². The molecule has 3 nitrogen and oxygen atoms in total. The Kier molecular flexibility index (Phi) is 5.48. The highest BCUT2D eigenvalue weighted by Gasteiger charge is 2.10. The van der Waals surface area contributed by atoms with Crippen LogP contribution in [0.25, 0.3) is 0 Å². The molecule has 0 aromatic heterocycles. The number of hydrogen-bond donors (Lipinski definition) is 1. The lowest BCUT2D eigenvalue weighted by Crippen LogP contribution is -2.18. The highest BCUT2D eigenvalue weighted by atomic mass is 35.5. The van der Waals surface area contributed by atoms with E-state index in [4.69, 9.17) is 46.4 Å². The molecule has 0 heterocycles. The van der Waals surface area contributed by atoms with Crippen LogP contribution in [0.4, 0.5) is 0 Å². The average Bonchev–Trinajstić information content (AvgIpc) is 2.42. The van der Waals surface area contributed by atoms with Crippen molar-refractivity contribution in [3.63, 3.8) is 0 Å². The van der Waals surface area contributed by atoms with E-state index in [0.717, 1.165) is 0 Å². The van der Waals surface area contributed by atoms with E-state index in [1.807, 2.05) is 0 Å². The number of halogens is 4. The zero-order valence-corrected chi connectivity index (χ0v) is 13.4. The van der Waals surface area contributed by atoms with Crippen molar-refractivity contribution >= 4 is 58.5 Å². The van der Waals surface area contributed by atoms with Crippen LogP contribution in [0.5, 0.6) is 0 Å². The molecule has 7 heteroatoms. The van der Waals surface area contributed by atoms with Gasteiger partial charge in [-0.2, -0.15) is 5.10 Å². The number of benzene rings is 2. The molecule has 0 fully saturated rings. The predicted molar refractivity (Wildman–Crippen MR) is 88.0 cm³/mol. The number of hydrazone groups is 1. The summed E-state index contributed by atoms with van der Waals surface area (Å²) in [5.41, 5.74) is 3.13. The van der Waals surface area contributed by atoms with Crippen LogP contribution < -0.4 is 5.43 Å². The molecule has 21 heavy (non-hydrogen) atoms. The molecule has 2 rings (SSSR count). The largest absolute Gasteiger partial charge is 0.272 e. The number of hydrogen-bond acceptors (Lipinski definition) is 2. The first-order valence-electron chi connectivity index (χ1n) is 5.71. The maximum Gasteiger partial charge on any atom is 0.272 e. The van der Waals surface area contributed by atoms with Crippen LogP contribution in [0.1, 0.15) is 15.9 Å². The smallest absolute Gasteiger partial charge is 0.267 e. The van der Waals surface area contributed by atoms with Gasteiger partial charge in [-0.05, 0) is 30.3 Å². The molecule has 0 spiro atoms. The summed E-state index contributed by atoms with van der Waals surface area (Å²) < 4.78 is 0. The van der Waals surface area contributed by atoms with Crippen LogP contribution in [0.3, 0.4) is 0 Å². The standard InChI is InChI=1S/C14H8Cl4N2O/c15-8-4-5-9(13(18)6-8)14(21)20-19-7-10-11(16)2-1-3-12(10)17/h1-7H,(H,20,21)/b19-7-. The average molecular weight is 362 g/mol. The Morgan fingerprint density at radius 2 is 1.67 bits per heavy atom. The lowest BCUT2D eigenvalue weighted by molar-refractivity contribution is 0.0955. The van der Waals surface area contributed by atoms with Gasteiger partial charge in [-0.25, -0.2) is 5.43 Å². The van der Waals surface area contributed by atoms with Gasteiger partial charge in [0.25, 0.3) is 5.91 Å². The monoisotopic (exact) mass is 360 g/mol. The molecule has 1 N–H and O–H groups in total. The quantitative estimate of drug-likeness (QED) is 0.602. The van der Waals surface area contributed by atoms with E-state index in [-0.39, 0.29) is 10.6 Å². The fourth-order valence-electron chi connectivity index (χ4n) is 1.52. The molecule has 0 aliphatic carbocycles. The molecule has 0 saturated carbocycles. The Morgan fingerprint density at radius 3 is 2.29 bits per heavy atom. The lowest BCUT2D eigenvalue weighted by atomic mass is 10.2. The molecule has 0 bridgehead atoms. The van der Waals surface area contributed by atoms with E-state index in [1.54, 1.807) is 24.3 Å². The van der Waals surface area contributed by atoms with Crippen molar-refractivity contribution in [2.75, 3.05) is 0 Å². The maximum atomic E-state index is 11.9. The lowest BCUT2D eigenvalue weighted by Gasteiger charge is -2.03. The number of nitrogens with one attached hydrogen (secondary N) is 1. The van der Waals surface area contributed by atoms with Crippen LogP contribution >= 0.6 is 46.4 Å². The minimum absolute atomic E-state index is 0.242. The van der Waals surface area contributed by atoms with E-state index < -0.39 is 5.91 Å². The molecule has 0 atom stereocenters. The van der Waals surface area contributed by atoms with Crippen molar-refractivity contribution in [1.29, 1.82) is 0 Å². The molecule has 1 amide bonds. The molecule has 0 aliphatic heterocycles. The first kappa shape index (κ1) is 16.1. The molecule has 0 unspecified atom stereocenters. The van der Waals surface area contributed by atoms with Crippen molar-refractivity contribution in [1.82, 2.24) is 5.43 Å². The number of carbonyl (C=O) groups excluding carboxylic acids is 1. The van der Waals surface area contributed by atoms with Gasteiger partial charge in [-0.15, -0.1) is 0 Å². The number of nitrogens with zero attached hydrogens (tertiary/aromatic N) is 1. The maximum absolute atomic E-state index is 11.9. The molecule has 108 valence electrons. The van der Waals surface area contributed by atoms with Crippen LogP contribution in [0.2, 0.25) is 20.1 Å². The summed E-state index contributed by atoms with van der Waals surface area (Å²) in [6.07, 6.45) is 1.37. The van der Waals surface area contributed by atoms with Crippen molar-refractivity contribution < 1.29 is 4.79 Å². The Bertz CT molecular complexity index is 696. The number of rotatable bonds is 3. The van der Waals surface area contributed by atoms with Gasteiger partial charge >= 0.3 is 0 Å². The summed E-state index contributed by atoms with van der Waals surface area (Å²) >= 11 is 23.7. The minimum Gasteiger partial charge on any atom is -0.267 e. The van der Waals surface area contributed by atoms with Gasteiger partial charge in [0.05, 0.1) is 26.8 Å². The SMILES string of the molecule is O=C(N/N=C\c1c(Cl)cccc1Cl)c1ccc(Cl)cc1Cl. The summed E-state index contributed by atoms with van der Waals surface area (Å²) in [5.74, 6) is -0.462. The second-order valence-corrected chi connectivity index (χ2v) is 5.62. The van der Waals surface area contributed by atoms with Crippen LogP contribution in [-0.2, 0) is 0 Å². The topological polar surface area (TPSA) is 41.5 Å². The fraction of sp³-hybridized carbons (Fsp3) is 0. The van der Waals surface area contributed by atoms with Crippen molar-refractivity contribution in [3.05, 3.63) is 67.6 Å². The normalized spacial score (nSPS) is 10.9. The third-order valence-electron chi connectivity index (χ3n) is 2.54. The molecule has 0 saturated heterocycles. The third-order valence-corrected chi connectivity index (χ3v) is 3.74. The van der Waals surface area contributed by atoms with E-state index in [9.17, 15) is 4.79 Å². The van der Waals surface area contributed by atoms with E-state index >= 15 is 0 Å². The van der Waals surface area contributed by atoms with Gasteiger partial charge in [-0.1, -0.05) is 52.5 Å². The molecule has 0 radical (unpaired) electrons. The van der Waals surface area contributed by atoms with Gasteiger partial charge < -0.3 is 0 Å². The summed E-state index contributed by atoms with van der Waals surface area (Å²) in [7, 11) is 0. The van der Waals surface area contributed by atoms with Crippen molar-refractivity contribution in [2.24, 2.45) is 5.10 Å². The van der Waals surface area contributed by atoms with Gasteiger partial charge in [0, 0.05) is 10.6 Å². The Labute approximate surface area is 141 Å². The molecule has 2 aromatic carbocycles. The van der Waals surface area contributed by atoms with Crippen LogP contribution in [0, 0.1) is 0 Å². The molecular formula is C14H8Cl4N2O. The zero-order valence-electron chi connectivity index (χ0n) is 10.4. The van der Waals surface area contributed by atoms with Gasteiger partial charge in [0.1, 0.15) is 0 Å². The minimum atomic E-state index is -0.462. The summed E-state index contributed by atoms with van der Waals surface area (Å²) in [5, 5.41) is 5.38. The number of amides is 1. The first-order chi connectivity index (χ1) is 9.99. The van der Waals surface area contributed by atoms with Crippen LogP contribution in [0.15, 0.2) is 41.5 Å². The zero-order chi connectivity index (χ0) is 15.4. The fourth-order valence-corrected chi connectivity index (χ4v) is 2.51. The summed E-state index contributed by atoms with van der Waals surface area (Å²) in [4.78, 5) is 11.9. The van der Waals surface area contributed by atoms with Gasteiger partial charge in [-0.3, -0.25) is 4.79 Å². The van der Waals surface area contributed by atoms with Crippen LogP contribution in [-0.4, -0.2) is 12.1 Å². The summed E-state index contributed by atoms with van der Waals surface area (Å²) in [6, 6.07) is 9.62. The number of carbonyl (C=O) groups is 1. The van der Waals surface area contributed by atoms with Gasteiger partial charge in [0.15, 0.2) is 0 Å². The summed E-state index contributed by atoms with van der Waals surface area (Å²) in [6.45, 7) is 0. The molecule has 0 aliphatic rings.